The third-order valence-electron chi connectivity index (χ3n) is 3.80. The highest BCUT2D eigenvalue weighted by molar-refractivity contribution is 9.11. The molecule has 0 aliphatic carbocycles. The Hall–Kier alpha value is -3.12. The summed E-state index contributed by atoms with van der Waals surface area (Å²) in [6, 6.07) is 3.62. The summed E-state index contributed by atoms with van der Waals surface area (Å²) >= 11 is 5.07. The molecule has 0 saturated carbocycles. The summed E-state index contributed by atoms with van der Waals surface area (Å²) in [5, 5.41) is 11.2. The Morgan fingerprint density at radius 2 is 2.15 bits per heavy atom. The first-order valence-electron chi connectivity index (χ1n) is 7.68. The Morgan fingerprint density at radius 3 is 2.89 bits per heavy atom. The van der Waals surface area contributed by atoms with Gasteiger partial charge in [0.25, 0.3) is 0 Å². The molecule has 10 nitrogen and oxygen atoms in total. The van der Waals surface area contributed by atoms with Crippen molar-refractivity contribution < 1.29 is 4.74 Å². The second kappa shape index (κ2) is 6.25. The molecule has 5 aromatic heterocycles. The van der Waals surface area contributed by atoms with Crippen LogP contribution in [0.2, 0.25) is 0 Å². The van der Waals surface area contributed by atoms with Crippen LogP contribution >= 0.6 is 27.3 Å². The molecule has 27 heavy (non-hydrogen) atoms. The number of hydrogen-bond donors (Lipinski definition) is 1. The van der Waals surface area contributed by atoms with E-state index in [4.69, 9.17) is 4.74 Å². The fourth-order valence-corrected chi connectivity index (χ4v) is 4.08. The molecule has 1 N–H and O–H groups in total. The average molecular weight is 444 g/mol. The van der Waals surface area contributed by atoms with Gasteiger partial charge in [-0.2, -0.15) is 5.10 Å². The van der Waals surface area contributed by atoms with Crippen LogP contribution in [0.15, 0.2) is 41.0 Å². The summed E-state index contributed by atoms with van der Waals surface area (Å²) in [6.45, 7) is 0. The Balaban J connectivity index is 1.72. The number of ether oxygens (including phenoxy) is 1. The van der Waals surface area contributed by atoms with Gasteiger partial charge in [0.2, 0.25) is 11.7 Å². The zero-order valence-corrected chi connectivity index (χ0v) is 16.1. The molecule has 0 aliphatic rings. The fourth-order valence-electron chi connectivity index (χ4n) is 2.60. The van der Waals surface area contributed by atoms with E-state index in [9.17, 15) is 0 Å². The summed E-state index contributed by atoms with van der Waals surface area (Å²) in [5.41, 5.74) is 1.43. The molecule has 134 valence electrons. The number of methoxy groups -OCH3 is 1. The van der Waals surface area contributed by atoms with E-state index in [2.05, 4.69) is 51.2 Å². The second-order valence-electron chi connectivity index (χ2n) is 5.40. The monoisotopic (exact) mass is 443 g/mol. The third-order valence-corrected chi connectivity index (χ3v) is 5.39. The zero-order chi connectivity index (χ0) is 18.4. The van der Waals surface area contributed by atoms with Gasteiger partial charge in [-0.25, -0.2) is 24.6 Å². The first kappa shape index (κ1) is 16.1. The van der Waals surface area contributed by atoms with Crippen molar-refractivity contribution in [3.05, 3.63) is 41.0 Å². The number of hydrogen-bond acceptors (Lipinski definition) is 8. The molecular weight excluding hydrogens is 434 g/mol. The van der Waals surface area contributed by atoms with E-state index in [-0.39, 0.29) is 0 Å². The summed E-state index contributed by atoms with van der Waals surface area (Å²) < 4.78 is 9.74. The number of halogens is 1. The number of thiazole rings is 1. The lowest BCUT2D eigenvalue weighted by Crippen LogP contribution is -2.01. The molecule has 0 amide bonds. The molecule has 12 heteroatoms. The summed E-state index contributed by atoms with van der Waals surface area (Å²) in [5.74, 6) is 1.97. The van der Waals surface area contributed by atoms with Crippen LogP contribution in [0.3, 0.4) is 0 Å². The van der Waals surface area contributed by atoms with Crippen LogP contribution in [-0.2, 0) is 0 Å². The van der Waals surface area contributed by atoms with Crippen molar-refractivity contribution in [1.82, 2.24) is 44.3 Å². The number of pyridine rings is 1. The highest BCUT2D eigenvalue weighted by Crippen LogP contribution is 2.32. The molecule has 0 unspecified atom stereocenters. The smallest absolute Gasteiger partial charge is 0.219 e. The van der Waals surface area contributed by atoms with E-state index in [0.29, 0.717) is 29.0 Å². The maximum atomic E-state index is 5.13. The van der Waals surface area contributed by atoms with Gasteiger partial charge in [-0.05, 0) is 22.0 Å². The van der Waals surface area contributed by atoms with Crippen LogP contribution in [-0.4, -0.2) is 51.4 Å². The van der Waals surface area contributed by atoms with Crippen LogP contribution < -0.4 is 4.74 Å². The molecule has 0 aliphatic heterocycles. The van der Waals surface area contributed by atoms with E-state index in [0.717, 1.165) is 14.3 Å². The Bertz CT molecular complexity index is 1220. The van der Waals surface area contributed by atoms with Gasteiger partial charge < -0.3 is 4.74 Å². The number of rotatable bonds is 4. The molecule has 0 saturated heterocycles. The average Bonchev–Trinajstić information content (AvgIpc) is 3.44. The number of fused-ring (bicyclic) bond motifs is 1. The van der Waals surface area contributed by atoms with Gasteiger partial charge >= 0.3 is 0 Å². The minimum absolute atomic E-state index is 0.412. The summed E-state index contributed by atoms with van der Waals surface area (Å²) in [4.78, 5) is 18.5. The van der Waals surface area contributed by atoms with Gasteiger partial charge in [0.05, 0.1) is 22.8 Å². The van der Waals surface area contributed by atoms with Crippen molar-refractivity contribution in [2.75, 3.05) is 7.11 Å². The zero-order valence-electron chi connectivity index (χ0n) is 13.7. The third kappa shape index (κ3) is 2.69. The molecule has 5 heterocycles. The first-order chi connectivity index (χ1) is 13.2. The predicted octanol–water partition coefficient (Wildman–Crippen LogP) is 2.59. The van der Waals surface area contributed by atoms with Crippen molar-refractivity contribution in [3.63, 3.8) is 0 Å². The minimum Gasteiger partial charge on any atom is -0.481 e. The molecule has 0 fully saturated rings. The van der Waals surface area contributed by atoms with Gasteiger partial charge in [0.15, 0.2) is 11.6 Å². The minimum atomic E-state index is 0.412. The first-order valence-corrected chi connectivity index (χ1v) is 9.29. The normalized spacial score (nSPS) is 11.3. The molecule has 0 bridgehead atoms. The number of H-pyrrole nitrogens is 1. The predicted molar refractivity (Wildman–Crippen MR) is 101 cm³/mol. The molecule has 0 spiro atoms. The van der Waals surface area contributed by atoms with Crippen LogP contribution in [0.1, 0.15) is 0 Å². The number of nitrogens with zero attached hydrogens (tertiary/aromatic N) is 8. The van der Waals surface area contributed by atoms with E-state index in [1.807, 2.05) is 16.7 Å². The highest BCUT2D eigenvalue weighted by Gasteiger charge is 2.21. The lowest BCUT2D eigenvalue weighted by molar-refractivity contribution is 0.397. The fraction of sp³-hybridized carbons (Fsp3) is 0.0667. The van der Waals surface area contributed by atoms with Crippen LogP contribution in [0, 0.1) is 0 Å². The van der Waals surface area contributed by atoms with Crippen molar-refractivity contribution in [1.29, 1.82) is 0 Å². The Kier molecular flexibility index (Phi) is 3.72. The van der Waals surface area contributed by atoms with Gasteiger partial charge in [0, 0.05) is 12.3 Å². The molecular formula is C15H10BrN9OS. The van der Waals surface area contributed by atoms with Crippen molar-refractivity contribution in [2.45, 2.75) is 0 Å². The quantitative estimate of drug-likeness (QED) is 0.454. The number of aromatic amines is 1. The van der Waals surface area contributed by atoms with Gasteiger partial charge in [-0.1, -0.05) is 0 Å². The van der Waals surface area contributed by atoms with Crippen molar-refractivity contribution >= 4 is 32.1 Å². The van der Waals surface area contributed by atoms with Gasteiger partial charge in [-0.3, -0.25) is 9.50 Å². The topological polar surface area (TPSA) is 112 Å². The lowest BCUT2D eigenvalue weighted by Gasteiger charge is -2.04. The molecule has 5 rings (SSSR count). The van der Waals surface area contributed by atoms with Crippen LogP contribution in [0.5, 0.6) is 5.88 Å². The Labute approximate surface area is 164 Å². The SMILES string of the molecule is COc1ccc(-n2nc(-c3ncn[nH]3)nc2-c2ncn3cc(Br)sc23)cn1. The standard InChI is InChI=1S/C15H10BrN9OS/c1-26-10-3-2-8(4-17-10)25-14(21-13(23-25)12-18-6-20-22-12)11-15-24(7-19-11)5-9(16)27-15/h2-7H,1H3,(H,18,20,22). The van der Waals surface area contributed by atoms with E-state index < -0.39 is 0 Å². The van der Waals surface area contributed by atoms with E-state index in [1.54, 1.807) is 41.7 Å². The molecule has 0 radical (unpaired) electrons. The maximum Gasteiger partial charge on any atom is 0.219 e. The maximum absolute atomic E-state index is 5.13. The molecule has 0 aromatic carbocycles. The second-order valence-corrected chi connectivity index (χ2v) is 7.81. The highest BCUT2D eigenvalue weighted by atomic mass is 79.9. The largest absolute Gasteiger partial charge is 0.481 e. The Morgan fingerprint density at radius 1 is 1.22 bits per heavy atom. The van der Waals surface area contributed by atoms with Gasteiger partial charge in [0.1, 0.15) is 23.2 Å². The molecule has 5 aromatic rings. The van der Waals surface area contributed by atoms with E-state index in [1.165, 1.54) is 6.33 Å². The van der Waals surface area contributed by atoms with Gasteiger partial charge in [-0.15, -0.1) is 16.4 Å². The molecule has 0 atom stereocenters. The van der Waals surface area contributed by atoms with Crippen molar-refractivity contribution in [3.8, 4) is 34.7 Å². The number of aromatic nitrogens is 9. The van der Waals surface area contributed by atoms with E-state index >= 15 is 0 Å². The lowest BCUT2D eigenvalue weighted by atomic mass is 10.4. The van der Waals surface area contributed by atoms with Crippen LogP contribution in [0.4, 0.5) is 0 Å². The summed E-state index contributed by atoms with van der Waals surface area (Å²) in [6.07, 6.45) is 6.77. The van der Waals surface area contributed by atoms with Crippen molar-refractivity contribution in [2.24, 2.45) is 0 Å². The summed E-state index contributed by atoms with van der Waals surface area (Å²) in [7, 11) is 1.57. The van der Waals surface area contributed by atoms with Crippen LogP contribution in [0.25, 0.3) is 33.7 Å². The number of nitrogens with one attached hydrogen (secondary N) is 1. The number of imidazole rings is 1.